The van der Waals surface area contributed by atoms with Crippen LogP contribution in [0.5, 0.6) is 11.5 Å². The van der Waals surface area contributed by atoms with Gasteiger partial charge in [-0.15, -0.1) is 0 Å². The molecule has 0 radical (unpaired) electrons. The predicted molar refractivity (Wildman–Crippen MR) is 146 cm³/mol. The molecule has 3 aromatic rings. The molecule has 1 fully saturated rings. The van der Waals surface area contributed by atoms with Crippen molar-refractivity contribution < 1.29 is 23.9 Å². The third kappa shape index (κ3) is 5.72. The molecule has 11 heteroatoms. The van der Waals surface area contributed by atoms with Gasteiger partial charge in [-0.3, -0.25) is 19.3 Å². The highest BCUT2D eigenvalue weighted by Crippen LogP contribution is 2.35. The SMILES string of the molecule is CCOc1ccc(N(C(=O)c2snc(C(N)=O)c2N)C(C(=O)NC2CCCC2)c2ccc(OC)cc2)cc1. The van der Waals surface area contributed by atoms with Crippen LogP contribution in [0.4, 0.5) is 11.4 Å². The third-order valence-corrected chi connectivity index (χ3v) is 7.29. The molecule has 5 N–H and O–H groups in total. The lowest BCUT2D eigenvalue weighted by molar-refractivity contribution is -0.123. The number of amides is 3. The number of methoxy groups -OCH3 is 1. The zero-order valence-electron chi connectivity index (χ0n) is 21.3. The van der Waals surface area contributed by atoms with Gasteiger partial charge in [-0.05, 0) is 73.3 Å². The van der Waals surface area contributed by atoms with Crippen LogP contribution in [0.25, 0.3) is 0 Å². The van der Waals surface area contributed by atoms with E-state index in [2.05, 4.69) is 9.69 Å². The van der Waals surface area contributed by atoms with Crippen molar-refractivity contribution in [2.45, 2.75) is 44.7 Å². The molecule has 4 rings (SSSR count). The average Bonchev–Trinajstić information content (AvgIpc) is 3.57. The molecule has 0 spiro atoms. The van der Waals surface area contributed by atoms with Gasteiger partial charge in [-0.25, -0.2) is 0 Å². The zero-order chi connectivity index (χ0) is 27.2. The number of anilines is 2. The Morgan fingerprint density at radius 2 is 1.71 bits per heavy atom. The summed E-state index contributed by atoms with van der Waals surface area (Å²) in [5, 5.41) is 3.13. The lowest BCUT2D eigenvalue weighted by Crippen LogP contribution is -2.46. The van der Waals surface area contributed by atoms with E-state index in [0.717, 1.165) is 37.2 Å². The molecule has 0 bridgehead atoms. The van der Waals surface area contributed by atoms with Crippen molar-refractivity contribution in [2.24, 2.45) is 5.73 Å². The number of nitrogens with two attached hydrogens (primary N) is 2. The molecule has 2 aromatic carbocycles. The molecule has 200 valence electrons. The minimum absolute atomic E-state index is 0.0138. The van der Waals surface area contributed by atoms with Gasteiger partial charge in [0.05, 0.1) is 19.4 Å². The number of hydrogen-bond donors (Lipinski definition) is 3. The minimum atomic E-state index is -1.05. The average molecular weight is 538 g/mol. The lowest BCUT2D eigenvalue weighted by atomic mass is 10.0. The van der Waals surface area contributed by atoms with Crippen molar-refractivity contribution >= 4 is 40.6 Å². The maximum Gasteiger partial charge on any atom is 0.273 e. The van der Waals surface area contributed by atoms with Crippen LogP contribution < -0.4 is 31.2 Å². The molecule has 1 aliphatic rings. The molecular weight excluding hydrogens is 506 g/mol. The monoisotopic (exact) mass is 537 g/mol. The van der Waals surface area contributed by atoms with Crippen LogP contribution in [0, 0.1) is 0 Å². The zero-order valence-corrected chi connectivity index (χ0v) is 22.1. The van der Waals surface area contributed by atoms with Crippen LogP contribution in [-0.4, -0.2) is 41.9 Å². The van der Waals surface area contributed by atoms with Crippen molar-refractivity contribution in [1.82, 2.24) is 9.69 Å². The molecule has 38 heavy (non-hydrogen) atoms. The summed E-state index contributed by atoms with van der Waals surface area (Å²) in [4.78, 5) is 41.2. The molecule has 1 atom stereocenters. The molecular formula is C27H31N5O5S. The summed E-state index contributed by atoms with van der Waals surface area (Å²) in [7, 11) is 1.55. The number of hydrogen-bond acceptors (Lipinski definition) is 8. The Morgan fingerprint density at radius 1 is 1.08 bits per heavy atom. The minimum Gasteiger partial charge on any atom is -0.497 e. The Bertz CT molecular complexity index is 1290. The van der Waals surface area contributed by atoms with Crippen molar-refractivity contribution in [3.63, 3.8) is 0 Å². The van der Waals surface area contributed by atoms with E-state index in [4.69, 9.17) is 20.9 Å². The van der Waals surface area contributed by atoms with Gasteiger partial charge in [0.2, 0.25) is 5.91 Å². The maximum absolute atomic E-state index is 14.1. The first-order valence-corrected chi connectivity index (χ1v) is 13.2. The smallest absolute Gasteiger partial charge is 0.273 e. The number of benzene rings is 2. The van der Waals surface area contributed by atoms with E-state index in [-0.39, 0.29) is 28.2 Å². The first kappa shape index (κ1) is 26.9. The van der Waals surface area contributed by atoms with Gasteiger partial charge >= 0.3 is 0 Å². The molecule has 1 unspecified atom stereocenters. The van der Waals surface area contributed by atoms with Gasteiger partial charge in [0.25, 0.3) is 11.8 Å². The molecule has 1 heterocycles. The van der Waals surface area contributed by atoms with Crippen LogP contribution >= 0.6 is 11.5 Å². The number of primary amides is 1. The Kier molecular flexibility index (Phi) is 8.47. The van der Waals surface area contributed by atoms with E-state index in [0.29, 0.717) is 29.4 Å². The second-order valence-corrected chi connectivity index (χ2v) is 9.68. The highest BCUT2D eigenvalue weighted by molar-refractivity contribution is 7.09. The summed E-state index contributed by atoms with van der Waals surface area (Å²) in [6.45, 7) is 2.35. The standard InChI is InChI=1S/C27H31N5O5S/c1-3-37-20-14-10-18(11-15-20)32(27(35)24-21(28)22(25(29)33)31-38-24)23(16-8-12-19(36-2)13-9-16)26(34)30-17-6-4-5-7-17/h8-15,17,23H,3-7,28H2,1-2H3,(H2,29,33)(H,30,34). The van der Waals surface area contributed by atoms with Crippen molar-refractivity contribution in [2.75, 3.05) is 24.4 Å². The van der Waals surface area contributed by atoms with E-state index in [9.17, 15) is 14.4 Å². The number of carbonyl (C=O) groups is 3. The molecule has 1 aliphatic carbocycles. The van der Waals surface area contributed by atoms with E-state index in [1.54, 1.807) is 55.6 Å². The van der Waals surface area contributed by atoms with Crippen molar-refractivity contribution in [3.8, 4) is 11.5 Å². The van der Waals surface area contributed by atoms with Crippen molar-refractivity contribution in [1.29, 1.82) is 0 Å². The Hall–Kier alpha value is -4.12. The first-order chi connectivity index (χ1) is 18.3. The fourth-order valence-electron chi connectivity index (χ4n) is 4.55. The lowest BCUT2D eigenvalue weighted by Gasteiger charge is -2.32. The normalized spacial score (nSPS) is 14.1. The number of aromatic nitrogens is 1. The number of carbonyl (C=O) groups excluding carboxylic acids is 3. The summed E-state index contributed by atoms with van der Waals surface area (Å²) >= 11 is 0.767. The number of nitrogens with one attached hydrogen (secondary N) is 1. The predicted octanol–water partition coefficient (Wildman–Crippen LogP) is 3.68. The molecule has 10 nitrogen and oxygen atoms in total. The summed E-state index contributed by atoms with van der Waals surface area (Å²) in [6.07, 6.45) is 3.82. The highest BCUT2D eigenvalue weighted by atomic mass is 32.1. The summed E-state index contributed by atoms with van der Waals surface area (Å²) < 4.78 is 14.9. The Labute approximate surface area is 225 Å². The van der Waals surface area contributed by atoms with E-state index in [1.807, 2.05) is 6.92 Å². The van der Waals surface area contributed by atoms with E-state index >= 15 is 0 Å². The van der Waals surface area contributed by atoms with Gasteiger partial charge in [-0.2, -0.15) is 4.37 Å². The van der Waals surface area contributed by atoms with Crippen LogP contribution in [0.15, 0.2) is 48.5 Å². The molecule has 3 amide bonds. The maximum atomic E-state index is 14.1. The Balaban J connectivity index is 1.84. The van der Waals surface area contributed by atoms with Crippen LogP contribution in [0.1, 0.15) is 64.4 Å². The second-order valence-electron chi connectivity index (χ2n) is 8.91. The molecule has 0 aliphatic heterocycles. The molecule has 0 saturated heterocycles. The van der Waals surface area contributed by atoms with Gasteiger partial charge in [0.1, 0.15) is 22.4 Å². The van der Waals surface area contributed by atoms with Gasteiger partial charge in [0, 0.05) is 11.7 Å². The number of nitrogens with zero attached hydrogens (tertiary/aromatic N) is 2. The fraction of sp³-hybridized carbons (Fsp3) is 0.333. The largest absolute Gasteiger partial charge is 0.497 e. The molecule has 1 saturated carbocycles. The fourth-order valence-corrected chi connectivity index (χ4v) is 5.29. The topological polar surface area (TPSA) is 150 Å². The molecule has 1 aromatic heterocycles. The Morgan fingerprint density at radius 3 is 2.26 bits per heavy atom. The second kappa shape index (κ2) is 12.0. The number of nitrogen functional groups attached to an aromatic ring is 1. The van der Waals surface area contributed by atoms with Gasteiger partial charge in [-0.1, -0.05) is 25.0 Å². The van der Waals surface area contributed by atoms with Crippen LogP contribution in [0.3, 0.4) is 0 Å². The van der Waals surface area contributed by atoms with E-state index < -0.39 is 17.9 Å². The van der Waals surface area contributed by atoms with Gasteiger partial charge in [0.15, 0.2) is 5.69 Å². The third-order valence-electron chi connectivity index (χ3n) is 6.44. The quantitative estimate of drug-likeness (QED) is 0.357. The van der Waals surface area contributed by atoms with Crippen LogP contribution in [-0.2, 0) is 4.79 Å². The summed E-state index contributed by atoms with van der Waals surface area (Å²) in [5.74, 6) is -0.522. The highest BCUT2D eigenvalue weighted by Gasteiger charge is 2.37. The number of rotatable bonds is 10. The van der Waals surface area contributed by atoms with Gasteiger partial charge < -0.3 is 26.3 Å². The summed E-state index contributed by atoms with van der Waals surface area (Å²) in [5.41, 5.74) is 12.2. The number of ether oxygens (including phenoxy) is 2. The van der Waals surface area contributed by atoms with Crippen LogP contribution in [0.2, 0.25) is 0 Å². The van der Waals surface area contributed by atoms with Crippen molar-refractivity contribution in [3.05, 3.63) is 64.7 Å². The summed E-state index contributed by atoms with van der Waals surface area (Å²) in [6, 6.07) is 12.8. The van der Waals surface area contributed by atoms with E-state index in [1.165, 1.54) is 4.90 Å². The first-order valence-electron chi connectivity index (χ1n) is 12.4.